The number of hydrogen-bond acceptors (Lipinski definition) is 2. The first kappa shape index (κ1) is 12.6. The van der Waals surface area contributed by atoms with Gasteiger partial charge in [0.25, 0.3) is 0 Å². The third-order valence-electron chi connectivity index (χ3n) is 3.55. The summed E-state index contributed by atoms with van der Waals surface area (Å²) >= 11 is 0. The smallest absolute Gasteiger partial charge is 0.208 e. The second-order valence-corrected chi connectivity index (χ2v) is 6.58. The van der Waals surface area contributed by atoms with Crippen LogP contribution in [0.2, 0.25) is 0 Å². The summed E-state index contributed by atoms with van der Waals surface area (Å²) in [7, 11) is -3.36. The molecule has 1 aromatic rings. The van der Waals surface area contributed by atoms with Crippen LogP contribution in [0.4, 0.5) is 0 Å². The van der Waals surface area contributed by atoms with Gasteiger partial charge >= 0.3 is 0 Å². The molecule has 3 nitrogen and oxygen atoms in total. The second kappa shape index (κ2) is 4.78. The highest BCUT2D eigenvalue weighted by Gasteiger charge is 2.28. The van der Waals surface area contributed by atoms with Crippen molar-refractivity contribution in [2.45, 2.75) is 44.0 Å². The zero-order valence-corrected chi connectivity index (χ0v) is 11.1. The monoisotopic (exact) mass is 253 g/mol. The van der Waals surface area contributed by atoms with Crippen molar-refractivity contribution in [1.82, 2.24) is 4.72 Å². The van der Waals surface area contributed by atoms with Crippen LogP contribution in [0.3, 0.4) is 0 Å². The number of sulfonamides is 1. The maximum atomic E-state index is 12.2. The van der Waals surface area contributed by atoms with Crippen molar-refractivity contribution in [3.05, 3.63) is 29.8 Å². The van der Waals surface area contributed by atoms with Crippen LogP contribution in [-0.4, -0.2) is 14.5 Å². The molecule has 0 amide bonds. The second-order valence-electron chi connectivity index (χ2n) is 4.90. The zero-order chi connectivity index (χ0) is 12.5. The molecule has 2 unspecified atom stereocenters. The molecule has 1 aliphatic rings. The van der Waals surface area contributed by atoms with E-state index in [4.69, 9.17) is 0 Å². The molecule has 0 radical (unpaired) electrons. The Kier molecular flexibility index (Phi) is 3.54. The normalized spacial score (nSPS) is 25.1. The third kappa shape index (κ3) is 2.69. The maximum absolute atomic E-state index is 12.2. The minimum absolute atomic E-state index is 0.0969. The van der Waals surface area contributed by atoms with E-state index in [1.165, 1.54) is 0 Å². The van der Waals surface area contributed by atoms with Crippen LogP contribution in [0.1, 0.15) is 31.7 Å². The van der Waals surface area contributed by atoms with Crippen molar-refractivity contribution in [2.24, 2.45) is 5.92 Å². The van der Waals surface area contributed by atoms with Crippen LogP contribution in [0.5, 0.6) is 0 Å². The highest BCUT2D eigenvalue weighted by Crippen LogP contribution is 2.26. The summed E-state index contributed by atoms with van der Waals surface area (Å²) in [5, 5.41) is 0. The lowest BCUT2D eigenvalue weighted by atomic mass is 10.1. The molecule has 0 saturated heterocycles. The largest absolute Gasteiger partial charge is 0.241 e. The van der Waals surface area contributed by atoms with Crippen molar-refractivity contribution in [2.75, 3.05) is 0 Å². The van der Waals surface area contributed by atoms with Crippen LogP contribution < -0.4 is 4.72 Å². The Morgan fingerprint density at radius 1 is 1.24 bits per heavy atom. The number of benzene rings is 1. The molecule has 0 aromatic heterocycles. The fraction of sp³-hybridized carbons (Fsp3) is 0.538. The lowest BCUT2D eigenvalue weighted by Gasteiger charge is -2.18. The molecule has 2 atom stereocenters. The molecule has 2 rings (SSSR count). The van der Waals surface area contributed by atoms with Gasteiger partial charge < -0.3 is 0 Å². The van der Waals surface area contributed by atoms with Gasteiger partial charge in [-0.2, -0.15) is 0 Å². The zero-order valence-electron chi connectivity index (χ0n) is 10.3. The van der Waals surface area contributed by atoms with Crippen LogP contribution in [0.15, 0.2) is 29.2 Å². The molecule has 1 aromatic carbocycles. The minimum atomic E-state index is -3.36. The first-order valence-electron chi connectivity index (χ1n) is 6.08. The lowest BCUT2D eigenvalue weighted by molar-refractivity contribution is 0.476. The number of aryl methyl sites for hydroxylation is 1. The van der Waals surface area contributed by atoms with E-state index in [1.807, 2.05) is 19.1 Å². The van der Waals surface area contributed by atoms with Gasteiger partial charge in [0.2, 0.25) is 10.0 Å². The van der Waals surface area contributed by atoms with Gasteiger partial charge in [-0.1, -0.05) is 31.5 Å². The Morgan fingerprint density at radius 3 is 2.53 bits per heavy atom. The number of nitrogens with one attached hydrogen (secondary N) is 1. The summed E-state index contributed by atoms with van der Waals surface area (Å²) in [5.41, 5.74) is 0.797. The molecule has 1 saturated carbocycles. The first-order chi connectivity index (χ1) is 8.00. The van der Waals surface area contributed by atoms with E-state index < -0.39 is 10.0 Å². The summed E-state index contributed by atoms with van der Waals surface area (Å²) < 4.78 is 27.3. The summed E-state index contributed by atoms with van der Waals surface area (Å²) in [6.07, 6.45) is 3.18. The van der Waals surface area contributed by atoms with Crippen molar-refractivity contribution >= 4 is 10.0 Å². The van der Waals surface area contributed by atoms with Crippen LogP contribution in [0.25, 0.3) is 0 Å². The SMILES string of the molecule is Cc1ccccc1S(=O)(=O)NC1CCCC1C. The summed E-state index contributed by atoms with van der Waals surface area (Å²) in [6, 6.07) is 7.20. The molecular formula is C13H19NO2S. The third-order valence-corrected chi connectivity index (χ3v) is 5.20. The summed E-state index contributed by atoms with van der Waals surface area (Å²) in [4.78, 5) is 0.402. The Morgan fingerprint density at radius 2 is 1.94 bits per heavy atom. The van der Waals surface area contributed by atoms with Crippen LogP contribution in [0, 0.1) is 12.8 Å². The fourth-order valence-electron chi connectivity index (χ4n) is 2.44. The van der Waals surface area contributed by atoms with Gasteiger partial charge in [-0.05, 0) is 37.3 Å². The molecular weight excluding hydrogens is 234 g/mol. The Hall–Kier alpha value is -0.870. The van der Waals surface area contributed by atoms with E-state index in [9.17, 15) is 8.42 Å². The summed E-state index contributed by atoms with van der Waals surface area (Å²) in [6.45, 7) is 3.94. The lowest BCUT2D eigenvalue weighted by Crippen LogP contribution is -2.36. The van der Waals surface area contributed by atoms with Gasteiger partial charge in [-0.3, -0.25) is 0 Å². The van der Waals surface area contributed by atoms with Crippen molar-refractivity contribution < 1.29 is 8.42 Å². The van der Waals surface area contributed by atoms with Gasteiger partial charge in [-0.25, -0.2) is 13.1 Å². The Bertz CT molecular complexity index is 496. The molecule has 1 N–H and O–H groups in total. The Labute approximate surface area is 103 Å². The van der Waals surface area contributed by atoms with Gasteiger partial charge in [-0.15, -0.1) is 0 Å². The standard InChI is InChI=1S/C13H19NO2S/c1-10-7-5-8-12(10)14-17(15,16)13-9-4-3-6-11(13)2/h3-4,6,9-10,12,14H,5,7-8H2,1-2H3. The molecule has 1 aliphatic carbocycles. The van der Waals surface area contributed by atoms with Gasteiger partial charge in [0.15, 0.2) is 0 Å². The average molecular weight is 253 g/mol. The van der Waals surface area contributed by atoms with Gasteiger partial charge in [0.1, 0.15) is 0 Å². The average Bonchev–Trinajstić information content (AvgIpc) is 2.64. The van der Waals surface area contributed by atoms with E-state index in [1.54, 1.807) is 12.1 Å². The van der Waals surface area contributed by atoms with E-state index in [0.717, 1.165) is 24.8 Å². The topological polar surface area (TPSA) is 46.2 Å². The molecule has 17 heavy (non-hydrogen) atoms. The van der Waals surface area contributed by atoms with E-state index in [2.05, 4.69) is 11.6 Å². The van der Waals surface area contributed by atoms with Crippen LogP contribution >= 0.6 is 0 Å². The molecule has 0 aliphatic heterocycles. The van der Waals surface area contributed by atoms with E-state index in [-0.39, 0.29) is 6.04 Å². The molecule has 4 heteroatoms. The van der Waals surface area contributed by atoms with Gasteiger partial charge in [0.05, 0.1) is 4.90 Å². The highest BCUT2D eigenvalue weighted by atomic mass is 32.2. The molecule has 0 heterocycles. The number of hydrogen-bond donors (Lipinski definition) is 1. The van der Waals surface area contributed by atoms with Crippen molar-refractivity contribution in [3.8, 4) is 0 Å². The quantitative estimate of drug-likeness (QED) is 0.899. The molecule has 0 bridgehead atoms. The molecule has 94 valence electrons. The molecule has 1 fully saturated rings. The Balaban J connectivity index is 2.22. The molecule has 0 spiro atoms. The van der Waals surface area contributed by atoms with E-state index >= 15 is 0 Å². The first-order valence-corrected chi connectivity index (χ1v) is 7.57. The predicted molar refractivity (Wildman–Crippen MR) is 68.3 cm³/mol. The van der Waals surface area contributed by atoms with Crippen molar-refractivity contribution in [1.29, 1.82) is 0 Å². The minimum Gasteiger partial charge on any atom is -0.208 e. The summed E-state index contributed by atoms with van der Waals surface area (Å²) in [5.74, 6) is 0.439. The fourth-order valence-corrected chi connectivity index (χ4v) is 4.07. The highest BCUT2D eigenvalue weighted by molar-refractivity contribution is 7.89. The maximum Gasteiger partial charge on any atom is 0.241 e. The predicted octanol–water partition coefficient (Wildman–Crippen LogP) is 2.46. The number of rotatable bonds is 3. The van der Waals surface area contributed by atoms with Crippen molar-refractivity contribution in [3.63, 3.8) is 0 Å². The van der Waals surface area contributed by atoms with E-state index in [0.29, 0.717) is 10.8 Å². The van der Waals surface area contributed by atoms with Gasteiger partial charge in [0, 0.05) is 6.04 Å². The van der Waals surface area contributed by atoms with Crippen LogP contribution in [-0.2, 0) is 10.0 Å².